The number of nitrogens with two attached hydrogens (primary N) is 1. The zero-order valence-corrected chi connectivity index (χ0v) is 12.1. The highest BCUT2D eigenvalue weighted by atomic mass is 19.4. The smallest absolute Gasteiger partial charge is 0.406 e. The van der Waals surface area contributed by atoms with E-state index in [4.69, 9.17) is 10.7 Å². The largest absolute Gasteiger partial charge is 0.573 e. The van der Waals surface area contributed by atoms with Crippen LogP contribution in [0.25, 0.3) is 0 Å². The molecule has 1 aromatic rings. The van der Waals surface area contributed by atoms with Crippen molar-refractivity contribution in [2.24, 2.45) is 5.90 Å². The summed E-state index contributed by atoms with van der Waals surface area (Å²) in [6.45, 7) is 1.78. The van der Waals surface area contributed by atoms with Gasteiger partial charge in [0.2, 0.25) is 0 Å². The fourth-order valence-electron chi connectivity index (χ4n) is 3.29. The molecule has 1 aromatic carbocycles. The summed E-state index contributed by atoms with van der Waals surface area (Å²) in [5, 5.41) is 0. The number of alkyl halides is 3. The fraction of sp³-hybridized carbons (Fsp3) is 0.600. The molecule has 3 rings (SSSR count). The summed E-state index contributed by atoms with van der Waals surface area (Å²) in [4.78, 5) is 7.28. The molecule has 0 aromatic heterocycles. The van der Waals surface area contributed by atoms with Crippen LogP contribution in [0.15, 0.2) is 24.3 Å². The van der Waals surface area contributed by atoms with Gasteiger partial charge in [0.15, 0.2) is 0 Å². The first-order chi connectivity index (χ1) is 10.4. The molecule has 2 aliphatic rings. The molecule has 2 N–H and O–H groups in total. The maximum atomic E-state index is 12.2. The van der Waals surface area contributed by atoms with E-state index in [0.717, 1.165) is 44.3 Å². The molecule has 0 amide bonds. The van der Waals surface area contributed by atoms with E-state index < -0.39 is 6.36 Å². The van der Waals surface area contributed by atoms with Crippen LogP contribution in [0.5, 0.6) is 5.75 Å². The minimum absolute atomic E-state index is 0.0314. The van der Waals surface area contributed by atoms with Crippen molar-refractivity contribution in [2.75, 3.05) is 13.1 Å². The summed E-state index contributed by atoms with van der Waals surface area (Å²) in [5.74, 6) is 5.05. The lowest BCUT2D eigenvalue weighted by atomic mass is 9.98. The topological polar surface area (TPSA) is 47.7 Å². The second-order valence-corrected chi connectivity index (χ2v) is 5.93. The first-order valence-corrected chi connectivity index (χ1v) is 7.40. The minimum atomic E-state index is -4.65. The van der Waals surface area contributed by atoms with Gasteiger partial charge in [0.1, 0.15) is 5.75 Å². The average molecular weight is 316 g/mol. The van der Waals surface area contributed by atoms with Crippen molar-refractivity contribution in [2.45, 2.75) is 43.7 Å². The second kappa shape index (κ2) is 5.72. The molecule has 7 heteroatoms. The number of ether oxygens (including phenoxy) is 1. The Balaban J connectivity index is 1.68. The van der Waals surface area contributed by atoms with Crippen LogP contribution in [0.4, 0.5) is 13.2 Å². The number of hydrogen-bond acceptors (Lipinski definition) is 4. The van der Waals surface area contributed by atoms with Gasteiger partial charge < -0.3 is 9.57 Å². The number of likely N-dealkylation sites (tertiary alicyclic amines) is 1. The number of halogens is 3. The Labute approximate surface area is 126 Å². The molecule has 122 valence electrons. The molecule has 1 saturated heterocycles. The number of benzene rings is 1. The summed E-state index contributed by atoms with van der Waals surface area (Å²) in [6.07, 6.45) is -0.722. The molecule has 0 atom stereocenters. The number of rotatable bonds is 4. The first-order valence-electron chi connectivity index (χ1n) is 7.40. The monoisotopic (exact) mass is 316 g/mol. The predicted octanol–water partition coefficient (Wildman–Crippen LogP) is 2.93. The number of piperidine rings is 1. The standard InChI is InChI=1S/C15H19F3N2O2/c16-15(17,18)21-12-3-1-11(2-4-12)14(7-8-14)20-9-5-13(22-19)6-10-20/h1-4,13H,5-10,19H2. The molecule has 0 radical (unpaired) electrons. The van der Waals surface area contributed by atoms with E-state index in [1.54, 1.807) is 12.1 Å². The third kappa shape index (κ3) is 3.21. The van der Waals surface area contributed by atoms with Crippen molar-refractivity contribution in [3.63, 3.8) is 0 Å². The van der Waals surface area contributed by atoms with Crippen LogP contribution in [0.3, 0.4) is 0 Å². The van der Waals surface area contributed by atoms with Gasteiger partial charge in [0.25, 0.3) is 0 Å². The van der Waals surface area contributed by atoms with Crippen molar-refractivity contribution in [3.05, 3.63) is 29.8 Å². The van der Waals surface area contributed by atoms with Crippen LogP contribution in [-0.4, -0.2) is 30.5 Å². The highest BCUT2D eigenvalue weighted by Crippen LogP contribution is 2.52. The van der Waals surface area contributed by atoms with E-state index in [2.05, 4.69) is 9.64 Å². The van der Waals surface area contributed by atoms with Crippen molar-refractivity contribution in [1.29, 1.82) is 0 Å². The molecule has 1 aliphatic heterocycles. The van der Waals surface area contributed by atoms with Gasteiger partial charge in [-0.25, -0.2) is 5.90 Å². The van der Waals surface area contributed by atoms with Gasteiger partial charge in [-0.3, -0.25) is 4.90 Å². The van der Waals surface area contributed by atoms with Crippen molar-refractivity contribution < 1.29 is 22.7 Å². The Morgan fingerprint density at radius 3 is 2.14 bits per heavy atom. The Morgan fingerprint density at radius 1 is 1.09 bits per heavy atom. The molecule has 0 bridgehead atoms. The summed E-state index contributed by atoms with van der Waals surface area (Å²) in [7, 11) is 0. The van der Waals surface area contributed by atoms with Crippen LogP contribution in [0.2, 0.25) is 0 Å². The van der Waals surface area contributed by atoms with E-state index in [0.29, 0.717) is 0 Å². The molecular formula is C15H19F3N2O2. The SMILES string of the molecule is NOC1CCN(C2(c3ccc(OC(F)(F)F)cc3)CC2)CC1. The Kier molecular flexibility index (Phi) is 4.05. The molecule has 1 heterocycles. The summed E-state index contributed by atoms with van der Waals surface area (Å²) in [5.41, 5.74) is 1.02. The Morgan fingerprint density at radius 2 is 1.68 bits per heavy atom. The van der Waals surface area contributed by atoms with E-state index in [1.807, 2.05) is 0 Å². The fourth-order valence-corrected chi connectivity index (χ4v) is 3.29. The van der Waals surface area contributed by atoms with Gasteiger partial charge in [-0.1, -0.05) is 12.1 Å². The van der Waals surface area contributed by atoms with E-state index in [-0.39, 0.29) is 17.4 Å². The van der Waals surface area contributed by atoms with Crippen LogP contribution in [0.1, 0.15) is 31.2 Å². The molecule has 4 nitrogen and oxygen atoms in total. The average Bonchev–Trinajstić information content (AvgIpc) is 3.28. The molecule has 22 heavy (non-hydrogen) atoms. The van der Waals surface area contributed by atoms with Crippen LogP contribution in [0, 0.1) is 0 Å². The van der Waals surface area contributed by atoms with Crippen LogP contribution >= 0.6 is 0 Å². The molecule has 0 spiro atoms. The summed E-state index contributed by atoms with van der Waals surface area (Å²) >= 11 is 0. The molecule has 2 fully saturated rings. The number of hydrogen-bond donors (Lipinski definition) is 1. The summed E-state index contributed by atoms with van der Waals surface area (Å²) < 4.78 is 40.5. The van der Waals surface area contributed by atoms with Gasteiger partial charge >= 0.3 is 6.36 Å². The third-order valence-electron chi connectivity index (χ3n) is 4.59. The first kappa shape index (κ1) is 15.6. The second-order valence-electron chi connectivity index (χ2n) is 5.93. The maximum Gasteiger partial charge on any atom is 0.573 e. The molecular weight excluding hydrogens is 297 g/mol. The van der Waals surface area contributed by atoms with Crippen LogP contribution in [-0.2, 0) is 10.4 Å². The highest BCUT2D eigenvalue weighted by Gasteiger charge is 2.50. The van der Waals surface area contributed by atoms with Gasteiger partial charge in [0.05, 0.1) is 6.10 Å². The Hall–Kier alpha value is -1.31. The Bertz CT molecular complexity index is 507. The minimum Gasteiger partial charge on any atom is -0.406 e. The van der Waals surface area contributed by atoms with Crippen molar-refractivity contribution in [1.82, 2.24) is 4.90 Å². The van der Waals surface area contributed by atoms with Gasteiger partial charge in [-0.15, -0.1) is 13.2 Å². The lowest BCUT2D eigenvalue weighted by Gasteiger charge is -2.37. The lowest BCUT2D eigenvalue weighted by Crippen LogP contribution is -2.44. The van der Waals surface area contributed by atoms with E-state index in [9.17, 15) is 13.2 Å². The van der Waals surface area contributed by atoms with Crippen molar-refractivity contribution >= 4 is 0 Å². The molecule has 0 unspecified atom stereocenters. The normalized spacial score (nSPS) is 22.5. The van der Waals surface area contributed by atoms with Gasteiger partial charge in [-0.05, 0) is 43.4 Å². The number of nitrogens with zero attached hydrogens (tertiary/aromatic N) is 1. The lowest BCUT2D eigenvalue weighted by molar-refractivity contribution is -0.274. The zero-order chi connectivity index (χ0) is 15.8. The van der Waals surface area contributed by atoms with E-state index >= 15 is 0 Å². The molecule has 1 saturated carbocycles. The molecule has 1 aliphatic carbocycles. The van der Waals surface area contributed by atoms with Gasteiger partial charge in [0, 0.05) is 18.6 Å². The van der Waals surface area contributed by atoms with Gasteiger partial charge in [-0.2, -0.15) is 0 Å². The predicted molar refractivity (Wildman–Crippen MR) is 73.9 cm³/mol. The maximum absolute atomic E-state index is 12.2. The summed E-state index contributed by atoms with van der Waals surface area (Å²) in [6, 6.07) is 6.25. The van der Waals surface area contributed by atoms with E-state index in [1.165, 1.54) is 12.1 Å². The zero-order valence-electron chi connectivity index (χ0n) is 12.1. The van der Waals surface area contributed by atoms with Crippen molar-refractivity contribution in [3.8, 4) is 5.75 Å². The quantitative estimate of drug-likeness (QED) is 0.868. The third-order valence-corrected chi connectivity index (χ3v) is 4.59. The highest BCUT2D eigenvalue weighted by molar-refractivity contribution is 5.35. The van der Waals surface area contributed by atoms with Crippen LogP contribution < -0.4 is 10.6 Å².